The number of nitrogens with zero attached hydrogens (tertiary/aromatic N) is 1. The summed E-state index contributed by atoms with van der Waals surface area (Å²) in [6, 6.07) is 9.21. The number of nitrogens with two attached hydrogens (primary N) is 1. The lowest BCUT2D eigenvalue weighted by atomic mass is 10.1. The summed E-state index contributed by atoms with van der Waals surface area (Å²) in [6.07, 6.45) is 1.83. The van der Waals surface area contributed by atoms with Crippen molar-refractivity contribution >= 4 is 5.91 Å². The Morgan fingerprint density at radius 1 is 1.35 bits per heavy atom. The van der Waals surface area contributed by atoms with Gasteiger partial charge in [0, 0.05) is 33.0 Å². The maximum Gasteiger partial charge on any atom is 0.241 e. The van der Waals surface area contributed by atoms with E-state index < -0.39 is 6.04 Å². The van der Waals surface area contributed by atoms with Gasteiger partial charge in [-0.05, 0) is 12.1 Å². The average molecular weight is 278 g/mol. The van der Waals surface area contributed by atoms with E-state index in [0.29, 0.717) is 13.1 Å². The van der Waals surface area contributed by atoms with Crippen LogP contribution in [0.3, 0.4) is 0 Å². The average Bonchev–Trinajstić information content (AvgIpc) is 2.48. The smallest absolute Gasteiger partial charge is 0.241 e. The number of hydrogen-bond acceptors (Lipinski definition) is 4. The molecule has 1 aliphatic rings. The molecule has 1 saturated heterocycles. The van der Waals surface area contributed by atoms with Crippen LogP contribution in [0.4, 0.5) is 0 Å². The first kappa shape index (κ1) is 14.8. The number of hydrogen-bond donors (Lipinski definition) is 1. The third-order valence-corrected chi connectivity index (χ3v) is 3.46. The topological polar surface area (TPSA) is 64.8 Å². The zero-order chi connectivity index (χ0) is 14.4. The lowest BCUT2D eigenvalue weighted by molar-refractivity contribution is -0.135. The van der Waals surface area contributed by atoms with Crippen LogP contribution in [0.5, 0.6) is 5.75 Å². The van der Waals surface area contributed by atoms with Gasteiger partial charge in [-0.1, -0.05) is 18.2 Å². The molecule has 1 fully saturated rings. The highest BCUT2D eigenvalue weighted by Gasteiger charge is 2.27. The Morgan fingerprint density at radius 3 is 2.60 bits per heavy atom. The number of carbonyl (C=O) groups is 1. The molecule has 0 spiro atoms. The van der Waals surface area contributed by atoms with Gasteiger partial charge in [0.15, 0.2) is 0 Å². The lowest BCUT2D eigenvalue weighted by Crippen LogP contribution is -2.50. The summed E-state index contributed by atoms with van der Waals surface area (Å²) in [7, 11) is 1.55. The molecule has 1 atom stereocenters. The molecule has 0 saturated carbocycles. The van der Waals surface area contributed by atoms with Crippen molar-refractivity contribution in [2.45, 2.75) is 25.0 Å². The number of rotatable bonds is 5. The molecule has 0 aliphatic carbocycles. The van der Waals surface area contributed by atoms with Crippen molar-refractivity contribution in [3.63, 3.8) is 0 Å². The van der Waals surface area contributed by atoms with E-state index in [1.165, 1.54) is 0 Å². The molecule has 20 heavy (non-hydrogen) atoms. The molecule has 110 valence electrons. The normalized spacial score (nSPS) is 17.8. The van der Waals surface area contributed by atoms with Gasteiger partial charge in [0.25, 0.3) is 0 Å². The standard InChI is InChI=1S/C15H22N2O3/c1-19-11-14(16)15(18)17-9-7-13(8-10-17)20-12-5-3-2-4-6-12/h2-6,13-14H,7-11,16H2,1H3. The minimum Gasteiger partial charge on any atom is -0.490 e. The first-order chi connectivity index (χ1) is 9.70. The van der Waals surface area contributed by atoms with Gasteiger partial charge in [-0.25, -0.2) is 0 Å². The van der Waals surface area contributed by atoms with Gasteiger partial charge in [0.2, 0.25) is 5.91 Å². The van der Waals surface area contributed by atoms with E-state index in [-0.39, 0.29) is 18.6 Å². The Hall–Kier alpha value is -1.59. The summed E-state index contributed by atoms with van der Waals surface area (Å²) in [5.74, 6) is 0.846. The van der Waals surface area contributed by atoms with E-state index in [9.17, 15) is 4.79 Å². The first-order valence-corrected chi connectivity index (χ1v) is 6.95. The second-order valence-electron chi connectivity index (χ2n) is 5.02. The van der Waals surface area contributed by atoms with Gasteiger partial charge >= 0.3 is 0 Å². The lowest BCUT2D eigenvalue weighted by Gasteiger charge is -2.33. The van der Waals surface area contributed by atoms with Crippen LogP contribution >= 0.6 is 0 Å². The predicted molar refractivity (Wildman–Crippen MR) is 76.5 cm³/mol. The van der Waals surface area contributed by atoms with Crippen LogP contribution in [0.25, 0.3) is 0 Å². The number of ether oxygens (including phenoxy) is 2. The van der Waals surface area contributed by atoms with Crippen LogP contribution in [0, 0.1) is 0 Å². The molecule has 2 rings (SSSR count). The van der Waals surface area contributed by atoms with Crippen molar-refractivity contribution in [3.05, 3.63) is 30.3 Å². The largest absolute Gasteiger partial charge is 0.490 e. The van der Waals surface area contributed by atoms with Crippen molar-refractivity contribution in [1.82, 2.24) is 4.90 Å². The van der Waals surface area contributed by atoms with E-state index in [4.69, 9.17) is 15.2 Å². The zero-order valence-corrected chi connectivity index (χ0v) is 11.8. The molecule has 1 aliphatic heterocycles. The van der Waals surface area contributed by atoms with E-state index in [0.717, 1.165) is 18.6 Å². The number of carbonyl (C=O) groups excluding carboxylic acids is 1. The molecular formula is C15H22N2O3. The molecule has 0 bridgehead atoms. The number of methoxy groups -OCH3 is 1. The fourth-order valence-electron chi connectivity index (χ4n) is 2.37. The van der Waals surface area contributed by atoms with Gasteiger partial charge in [0.1, 0.15) is 17.9 Å². The van der Waals surface area contributed by atoms with E-state index in [1.807, 2.05) is 30.3 Å². The Kier molecular flexibility index (Phi) is 5.38. The molecule has 1 aromatic rings. The van der Waals surface area contributed by atoms with Crippen molar-refractivity contribution in [1.29, 1.82) is 0 Å². The number of benzene rings is 1. The van der Waals surface area contributed by atoms with Crippen molar-refractivity contribution in [3.8, 4) is 5.75 Å². The fraction of sp³-hybridized carbons (Fsp3) is 0.533. The number of likely N-dealkylation sites (tertiary alicyclic amines) is 1. The maximum absolute atomic E-state index is 12.0. The van der Waals surface area contributed by atoms with Crippen LogP contribution in [0.15, 0.2) is 30.3 Å². The third kappa shape index (κ3) is 3.95. The summed E-state index contributed by atoms with van der Waals surface area (Å²) in [6.45, 7) is 1.64. The summed E-state index contributed by atoms with van der Waals surface area (Å²) < 4.78 is 10.8. The van der Waals surface area contributed by atoms with E-state index in [2.05, 4.69) is 0 Å². The third-order valence-electron chi connectivity index (χ3n) is 3.46. The summed E-state index contributed by atoms with van der Waals surface area (Å²) in [5, 5.41) is 0. The predicted octanol–water partition coefficient (Wildman–Crippen LogP) is 1.03. The monoisotopic (exact) mass is 278 g/mol. The fourth-order valence-corrected chi connectivity index (χ4v) is 2.37. The molecule has 1 heterocycles. The van der Waals surface area contributed by atoms with Gasteiger partial charge in [-0.2, -0.15) is 0 Å². The Bertz CT molecular complexity index is 416. The summed E-state index contributed by atoms with van der Waals surface area (Å²) in [5.41, 5.74) is 5.77. The van der Waals surface area contributed by atoms with Crippen molar-refractivity contribution in [2.75, 3.05) is 26.8 Å². The summed E-state index contributed by atoms with van der Waals surface area (Å²) >= 11 is 0. The van der Waals surface area contributed by atoms with E-state index in [1.54, 1.807) is 12.0 Å². The molecule has 1 unspecified atom stereocenters. The van der Waals surface area contributed by atoms with Gasteiger partial charge in [-0.3, -0.25) is 4.79 Å². The molecule has 0 radical (unpaired) electrons. The van der Waals surface area contributed by atoms with Crippen LogP contribution in [0.2, 0.25) is 0 Å². The number of piperidine rings is 1. The molecule has 1 amide bonds. The Balaban J connectivity index is 1.79. The Morgan fingerprint density at radius 2 is 2.00 bits per heavy atom. The highest BCUT2D eigenvalue weighted by atomic mass is 16.5. The quantitative estimate of drug-likeness (QED) is 0.873. The van der Waals surface area contributed by atoms with Crippen molar-refractivity contribution < 1.29 is 14.3 Å². The minimum atomic E-state index is -0.563. The van der Waals surface area contributed by atoms with Gasteiger partial charge in [-0.15, -0.1) is 0 Å². The number of amides is 1. The van der Waals surface area contributed by atoms with Crippen LogP contribution in [0.1, 0.15) is 12.8 Å². The summed E-state index contributed by atoms with van der Waals surface area (Å²) in [4.78, 5) is 13.8. The first-order valence-electron chi connectivity index (χ1n) is 6.95. The second kappa shape index (κ2) is 7.26. The highest BCUT2D eigenvalue weighted by molar-refractivity contribution is 5.81. The molecule has 2 N–H and O–H groups in total. The van der Waals surface area contributed by atoms with Gasteiger partial charge in [0.05, 0.1) is 6.61 Å². The maximum atomic E-state index is 12.0. The van der Waals surface area contributed by atoms with Crippen LogP contribution in [-0.2, 0) is 9.53 Å². The molecular weight excluding hydrogens is 256 g/mol. The Labute approximate surface area is 119 Å². The molecule has 1 aromatic carbocycles. The van der Waals surface area contributed by atoms with Crippen LogP contribution < -0.4 is 10.5 Å². The van der Waals surface area contributed by atoms with Crippen LogP contribution in [-0.4, -0.2) is 49.8 Å². The molecule has 0 aromatic heterocycles. The second-order valence-corrected chi connectivity index (χ2v) is 5.02. The molecule has 5 nitrogen and oxygen atoms in total. The SMILES string of the molecule is COCC(N)C(=O)N1CCC(Oc2ccccc2)CC1. The molecule has 5 heteroatoms. The van der Waals surface area contributed by atoms with E-state index >= 15 is 0 Å². The minimum absolute atomic E-state index is 0.0370. The van der Waals surface area contributed by atoms with Gasteiger partial charge < -0.3 is 20.1 Å². The number of para-hydroxylation sites is 1. The van der Waals surface area contributed by atoms with Crippen molar-refractivity contribution in [2.24, 2.45) is 5.73 Å². The highest BCUT2D eigenvalue weighted by Crippen LogP contribution is 2.18. The zero-order valence-electron chi connectivity index (χ0n) is 11.8.